The second-order valence-electron chi connectivity index (χ2n) is 13.4. The van der Waals surface area contributed by atoms with Gasteiger partial charge in [-0.1, -0.05) is 35.9 Å². The maximum Gasteiger partial charge on any atom is 0.249 e. The van der Waals surface area contributed by atoms with Gasteiger partial charge in [-0.15, -0.1) is 21.5 Å². The lowest BCUT2D eigenvalue weighted by molar-refractivity contribution is -0.133. The number of aliphatic imine (C=N–C) groups is 1. The zero-order chi connectivity index (χ0) is 35.6. The van der Waals surface area contributed by atoms with Crippen molar-refractivity contribution in [3.63, 3.8) is 0 Å². The first-order valence-corrected chi connectivity index (χ1v) is 18.6. The van der Waals surface area contributed by atoms with E-state index in [4.69, 9.17) is 16.6 Å². The number of aryl methyl sites for hydroxylation is 2. The van der Waals surface area contributed by atoms with E-state index >= 15 is 0 Å². The number of halogens is 1. The fraction of sp³-hybridized carbons (Fsp3) is 0.405. The summed E-state index contributed by atoms with van der Waals surface area (Å²) in [6, 6.07) is 14.9. The van der Waals surface area contributed by atoms with Gasteiger partial charge in [0.25, 0.3) is 0 Å². The van der Waals surface area contributed by atoms with Crippen LogP contribution in [0.25, 0.3) is 5.00 Å². The summed E-state index contributed by atoms with van der Waals surface area (Å²) >= 11 is 7.93. The molecule has 0 radical (unpaired) electrons. The number of hydrogen-bond acceptors (Lipinski definition) is 10. The number of amides is 3. The minimum atomic E-state index is -0.502. The third-order valence-corrected chi connectivity index (χ3v) is 11.3. The number of carbonyl (C=O) groups excluding carboxylic acids is 3. The molecule has 7 rings (SSSR count). The van der Waals surface area contributed by atoms with Gasteiger partial charge in [-0.2, -0.15) is 0 Å². The average molecular weight is 728 g/mol. The van der Waals surface area contributed by atoms with Gasteiger partial charge >= 0.3 is 0 Å². The summed E-state index contributed by atoms with van der Waals surface area (Å²) < 4.78 is 2.06. The number of thiophene rings is 1. The SMILES string of the molecule is Cc1sc2c(c1C)C(c1ccc(Cl)cc1)=N[C@@H](CC(=O)NCCN1CCN(Cc3cccc(NC4CCC(=O)NC4=O)c3)CC1)c1nnc(C)n1-2. The zero-order valence-corrected chi connectivity index (χ0v) is 30.6. The Morgan fingerprint density at radius 3 is 2.55 bits per heavy atom. The van der Waals surface area contributed by atoms with E-state index in [-0.39, 0.29) is 24.1 Å². The lowest BCUT2D eigenvalue weighted by Crippen LogP contribution is -2.48. The van der Waals surface area contributed by atoms with E-state index in [1.54, 1.807) is 11.3 Å². The Morgan fingerprint density at radius 1 is 1.02 bits per heavy atom. The Hall–Kier alpha value is -4.43. The Kier molecular flexibility index (Phi) is 10.3. The van der Waals surface area contributed by atoms with Crippen LogP contribution in [0.5, 0.6) is 0 Å². The van der Waals surface area contributed by atoms with Crippen LogP contribution in [0.15, 0.2) is 53.5 Å². The molecule has 266 valence electrons. The van der Waals surface area contributed by atoms with Crippen LogP contribution >= 0.6 is 22.9 Å². The Labute approximate surface area is 306 Å². The van der Waals surface area contributed by atoms with Gasteiger partial charge < -0.3 is 10.6 Å². The quantitative estimate of drug-likeness (QED) is 0.206. The lowest BCUT2D eigenvalue weighted by Gasteiger charge is -2.34. The highest BCUT2D eigenvalue weighted by atomic mass is 35.5. The molecule has 0 saturated carbocycles. The number of carbonyl (C=O) groups is 3. The largest absolute Gasteiger partial charge is 0.374 e. The Balaban J connectivity index is 0.935. The topological polar surface area (TPSA) is 137 Å². The number of nitrogens with one attached hydrogen (secondary N) is 3. The van der Waals surface area contributed by atoms with Crippen molar-refractivity contribution in [3.05, 3.63) is 92.3 Å². The molecule has 2 saturated heterocycles. The van der Waals surface area contributed by atoms with E-state index in [1.807, 2.05) is 43.3 Å². The number of imide groups is 1. The van der Waals surface area contributed by atoms with Crippen molar-refractivity contribution < 1.29 is 14.4 Å². The van der Waals surface area contributed by atoms with Gasteiger partial charge in [-0.05, 0) is 62.6 Å². The number of rotatable bonds is 10. The van der Waals surface area contributed by atoms with Gasteiger partial charge in [-0.25, -0.2) is 0 Å². The van der Waals surface area contributed by atoms with Crippen molar-refractivity contribution in [2.75, 3.05) is 44.6 Å². The van der Waals surface area contributed by atoms with E-state index in [1.165, 1.54) is 10.4 Å². The molecule has 2 aromatic carbocycles. The second-order valence-corrected chi connectivity index (χ2v) is 15.1. The van der Waals surface area contributed by atoms with Gasteiger partial charge in [0.2, 0.25) is 17.7 Å². The van der Waals surface area contributed by atoms with E-state index in [9.17, 15) is 14.4 Å². The smallest absolute Gasteiger partial charge is 0.249 e. The highest BCUT2D eigenvalue weighted by Crippen LogP contribution is 2.39. The predicted octanol–water partition coefficient (Wildman–Crippen LogP) is 4.34. The van der Waals surface area contributed by atoms with Crippen LogP contribution < -0.4 is 16.0 Å². The molecule has 2 aromatic heterocycles. The highest BCUT2D eigenvalue weighted by molar-refractivity contribution is 7.15. The standard InChI is InChI=1S/C37H42ClN9O3S/c1-22-23(2)51-37-33(22)34(26-7-9-27(38)10-8-26)41-30(35-44-43-24(3)47(35)37)20-32(49)39-13-14-45-15-17-46(18-16-45)21-25-5-4-6-28(19-25)40-29-11-12-31(48)42-36(29)50/h4-10,19,29-30,40H,11-18,20-21H2,1-3H3,(H,39,49)(H,42,48,50)/t29?,30-/m0/s1. The van der Waals surface area contributed by atoms with E-state index in [0.29, 0.717) is 30.2 Å². The van der Waals surface area contributed by atoms with Crippen LogP contribution in [-0.2, 0) is 20.9 Å². The van der Waals surface area contributed by atoms with E-state index in [0.717, 1.165) is 78.2 Å². The molecule has 3 amide bonds. The minimum Gasteiger partial charge on any atom is -0.374 e. The van der Waals surface area contributed by atoms with Crippen molar-refractivity contribution in [1.82, 2.24) is 35.2 Å². The van der Waals surface area contributed by atoms with Gasteiger partial charge in [0.05, 0.1) is 12.1 Å². The fourth-order valence-corrected chi connectivity index (χ4v) is 8.29. The normalized spacial score (nSPS) is 19.5. The molecule has 5 heterocycles. The molecule has 0 bridgehead atoms. The molecule has 4 aromatic rings. The van der Waals surface area contributed by atoms with Crippen LogP contribution in [0.2, 0.25) is 5.02 Å². The van der Waals surface area contributed by atoms with Crippen molar-refractivity contribution in [2.45, 2.75) is 58.7 Å². The van der Waals surface area contributed by atoms with E-state index in [2.05, 4.69) is 66.5 Å². The minimum absolute atomic E-state index is 0.0750. The Morgan fingerprint density at radius 2 is 1.78 bits per heavy atom. The van der Waals surface area contributed by atoms with Gasteiger partial charge in [0.15, 0.2) is 5.82 Å². The first kappa shape index (κ1) is 35.0. The van der Waals surface area contributed by atoms with Crippen LogP contribution in [-0.4, -0.2) is 93.3 Å². The average Bonchev–Trinajstić information content (AvgIpc) is 3.59. The first-order valence-electron chi connectivity index (χ1n) is 17.4. The molecule has 2 fully saturated rings. The van der Waals surface area contributed by atoms with Crippen LogP contribution in [0.1, 0.15) is 64.1 Å². The summed E-state index contributed by atoms with van der Waals surface area (Å²) in [4.78, 5) is 48.3. The van der Waals surface area contributed by atoms with Gasteiger partial charge in [0.1, 0.15) is 22.9 Å². The van der Waals surface area contributed by atoms with Crippen molar-refractivity contribution in [2.24, 2.45) is 4.99 Å². The van der Waals surface area contributed by atoms with Crippen LogP contribution in [0.4, 0.5) is 5.69 Å². The predicted molar refractivity (Wildman–Crippen MR) is 199 cm³/mol. The maximum atomic E-state index is 13.4. The lowest BCUT2D eigenvalue weighted by atomic mass is 9.99. The Bertz CT molecular complexity index is 1980. The number of aromatic nitrogens is 3. The number of nitrogens with zero attached hydrogens (tertiary/aromatic N) is 6. The molecule has 3 aliphatic rings. The fourth-order valence-electron chi connectivity index (χ4n) is 6.95. The van der Waals surface area contributed by atoms with Gasteiger partial charge in [0, 0.05) is 78.9 Å². The maximum absolute atomic E-state index is 13.4. The number of fused-ring (bicyclic) bond motifs is 3. The molecule has 12 nitrogen and oxygen atoms in total. The molecule has 1 unspecified atom stereocenters. The molecule has 14 heteroatoms. The molecule has 0 aliphatic carbocycles. The number of piperazine rings is 1. The monoisotopic (exact) mass is 727 g/mol. The van der Waals surface area contributed by atoms with Crippen LogP contribution in [0.3, 0.4) is 0 Å². The first-order chi connectivity index (χ1) is 24.6. The summed E-state index contributed by atoms with van der Waals surface area (Å²) in [6.45, 7) is 11.9. The number of benzene rings is 2. The summed E-state index contributed by atoms with van der Waals surface area (Å²) in [5.74, 6) is 0.871. The molecule has 3 N–H and O–H groups in total. The van der Waals surface area contributed by atoms with Gasteiger partial charge in [-0.3, -0.25) is 39.1 Å². The highest BCUT2D eigenvalue weighted by Gasteiger charge is 2.32. The van der Waals surface area contributed by atoms with E-state index < -0.39 is 12.1 Å². The number of hydrogen-bond donors (Lipinski definition) is 3. The molecule has 2 atom stereocenters. The number of anilines is 1. The summed E-state index contributed by atoms with van der Waals surface area (Å²) in [5, 5.41) is 19.4. The third kappa shape index (κ3) is 7.76. The summed E-state index contributed by atoms with van der Waals surface area (Å²) in [7, 11) is 0. The molecular formula is C37H42ClN9O3S. The van der Waals surface area contributed by atoms with Crippen molar-refractivity contribution in [3.8, 4) is 5.00 Å². The summed E-state index contributed by atoms with van der Waals surface area (Å²) in [5.41, 5.74) is 6.02. The molecular weight excluding hydrogens is 686 g/mol. The zero-order valence-electron chi connectivity index (χ0n) is 29.0. The third-order valence-electron chi connectivity index (χ3n) is 9.86. The second kappa shape index (κ2) is 15.0. The van der Waals surface area contributed by atoms with Crippen molar-refractivity contribution in [1.29, 1.82) is 0 Å². The number of piperidine rings is 1. The van der Waals surface area contributed by atoms with Crippen LogP contribution in [0, 0.1) is 20.8 Å². The van der Waals surface area contributed by atoms with Crippen molar-refractivity contribution >= 4 is 52.1 Å². The molecule has 51 heavy (non-hydrogen) atoms. The summed E-state index contributed by atoms with van der Waals surface area (Å²) in [6.07, 6.45) is 1.00. The molecule has 3 aliphatic heterocycles. The molecule has 0 spiro atoms.